The van der Waals surface area contributed by atoms with E-state index in [2.05, 4.69) is 115 Å². The lowest BCUT2D eigenvalue weighted by atomic mass is 9.93. The van der Waals surface area contributed by atoms with Crippen molar-refractivity contribution in [2.45, 2.75) is 0 Å². The number of hydrogen-bond acceptors (Lipinski definition) is 1. The summed E-state index contributed by atoms with van der Waals surface area (Å²) in [6.07, 6.45) is 0. The summed E-state index contributed by atoms with van der Waals surface area (Å²) in [5, 5.41) is 19.9. The zero-order valence-electron chi connectivity index (χ0n) is 18.6. The topological polar surface area (TPSA) is 20.2 Å². The first-order valence-corrected chi connectivity index (χ1v) is 12.8. The summed E-state index contributed by atoms with van der Waals surface area (Å²) < 4.78 is 0. The quantitative estimate of drug-likeness (QED) is 0.281. The minimum atomic E-state index is -0.940. The highest BCUT2D eigenvalue weighted by Gasteiger charge is 2.24. The van der Waals surface area contributed by atoms with E-state index < -0.39 is 7.92 Å². The van der Waals surface area contributed by atoms with Gasteiger partial charge in [0.05, 0.1) is 0 Å². The van der Waals surface area contributed by atoms with Gasteiger partial charge in [0, 0.05) is 10.9 Å². The van der Waals surface area contributed by atoms with Crippen LogP contribution in [0, 0.1) is 0 Å². The molecule has 0 saturated carbocycles. The van der Waals surface area contributed by atoms with E-state index >= 15 is 0 Å². The zero-order valence-corrected chi connectivity index (χ0v) is 19.5. The second-order valence-corrected chi connectivity index (χ2v) is 10.6. The molecule has 0 bridgehead atoms. The Hall–Kier alpha value is -3.93. The van der Waals surface area contributed by atoms with Crippen LogP contribution in [0.2, 0.25) is 0 Å². The van der Waals surface area contributed by atoms with Crippen LogP contribution in [-0.2, 0) is 0 Å². The van der Waals surface area contributed by atoms with Gasteiger partial charge in [0.1, 0.15) is 5.75 Å². The Balaban J connectivity index is 1.71. The first kappa shape index (κ1) is 20.7. The standard InChI is InChI=1S/C32H23OP/c33-32-30(34(25-15-3-1-4-16-25)26-17-5-2-6-18-26)22-24-13-8-10-20-28(24)31(32)29-21-11-14-23-12-7-9-19-27(23)29/h1-22,33H. The Bertz CT molecular complexity index is 1560. The molecular formula is C32H23OP. The van der Waals surface area contributed by atoms with Crippen molar-refractivity contribution in [1.82, 2.24) is 0 Å². The Kier molecular flexibility index (Phi) is 5.34. The largest absolute Gasteiger partial charge is 0.507 e. The first-order chi connectivity index (χ1) is 16.8. The highest BCUT2D eigenvalue weighted by atomic mass is 31.1. The van der Waals surface area contributed by atoms with Crippen LogP contribution >= 0.6 is 7.92 Å². The van der Waals surface area contributed by atoms with E-state index in [1.54, 1.807) is 0 Å². The highest BCUT2D eigenvalue weighted by molar-refractivity contribution is 7.80. The molecule has 2 heteroatoms. The molecule has 0 radical (unpaired) electrons. The molecule has 6 rings (SSSR count). The minimum Gasteiger partial charge on any atom is -0.507 e. The molecular weight excluding hydrogens is 431 g/mol. The molecule has 6 aromatic carbocycles. The predicted octanol–water partition coefficient (Wildman–Crippen LogP) is 7.12. The second kappa shape index (κ2) is 8.78. The Labute approximate surface area is 200 Å². The Morgan fingerprint density at radius 1 is 0.471 bits per heavy atom. The van der Waals surface area contributed by atoms with E-state index in [0.29, 0.717) is 5.75 Å². The van der Waals surface area contributed by atoms with Gasteiger partial charge in [0.2, 0.25) is 0 Å². The van der Waals surface area contributed by atoms with Gasteiger partial charge in [-0.15, -0.1) is 0 Å². The maximum Gasteiger partial charge on any atom is 0.132 e. The van der Waals surface area contributed by atoms with Crippen LogP contribution in [0.1, 0.15) is 0 Å². The third-order valence-corrected chi connectivity index (χ3v) is 8.78. The van der Waals surface area contributed by atoms with Crippen LogP contribution in [0.4, 0.5) is 0 Å². The first-order valence-electron chi connectivity index (χ1n) is 11.4. The van der Waals surface area contributed by atoms with Crippen LogP contribution in [0.25, 0.3) is 32.7 Å². The zero-order chi connectivity index (χ0) is 22.9. The SMILES string of the molecule is Oc1c(P(c2ccccc2)c2ccccc2)cc2ccccc2c1-c1cccc2ccccc12. The van der Waals surface area contributed by atoms with Gasteiger partial charge in [-0.3, -0.25) is 0 Å². The summed E-state index contributed by atoms with van der Waals surface area (Å²) in [5.74, 6) is 0.369. The lowest BCUT2D eigenvalue weighted by molar-refractivity contribution is 0.482. The molecule has 0 aliphatic carbocycles. The molecule has 0 aliphatic rings. The van der Waals surface area contributed by atoms with Gasteiger partial charge in [-0.1, -0.05) is 127 Å². The van der Waals surface area contributed by atoms with Gasteiger partial charge in [0.15, 0.2) is 0 Å². The monoisotopic (exact) mass is 454 g/mol. The van der Waals surface area contributed by atoms with Crippen molar-refractivity contribution in [1.29, 1.82) is 0 Å². The van der Waals surface area contributed by atoms with Crippen molar-refractivity contribution >= 4 is 45.4 Å². The maximum absolute atomic E-state index is 12.0. The van der Waals surface area contributed by atoms with E-state index in [1.165, 1.54) is 16.0 Å². The molecule has 6 aromatic rings. The number of rotatable bonds is 4. The maximum atomic E-state index is 12.0. The number of benzene rings is 6. The average Bonchev–Trinajstić information content (AvgIpc) is 2.90. The van der Waals surface area contributed by atoms with Crippen LogP contribution in [0.3, 0.4) is 0 Å². The van der Waals surface area contributed by atoms with Crippen molar-refractivity contribution in [3.05, 3.63) is 133 Å². The van der Waals surface area contributed by atoms with Crippen LogP contribution in [-0.4, -0.2) is 5.11 Å². The summed E-state index contributed by atoms with van der Waals surface area (Å²) in [6, 6.07) is 46.4. The fourth-order valence-corrected chi connectivity index (χ4v) is 7.18. The fourth-order valence-electron chi connectivity index (χ4n) is 4.79. The lowest BCUT2D eigenvalue weighted by Gasteiger charge is -2.23. The Morgan fingerprint density at radius 3 is 1.68 bits per heavy atom. The number of phenolic OH excluding ortho intramolecular Hbond substituents is 1. The second-order valence-electron chi connectivity index (χ2n) is 8.37. The number of fused-ring (bicyclic) bond motifs is 2. The summed E-state index contributed by atoms with van der Waals surface area (Å²) >= 11 is 0. The molecule has 162 valence electrons. The summed E-state index contributed by atoms with van der Waals surface area (Å²) in [5.41, 5.74) is 1.97. The smallest absolute Gasteiger partial charge is 0.132 e. The number of phenols is 1. The van der Waals surface area contributed by atoms with Gasteiger partial charge >= 0.3 is 0 Å². The van der Waals surface area contributed by atoms with E-state index in [1.807, 2.05) is 18.2 Å². The highest BCUT2D eigenvalue weighted by Crippen LogP contribution is 2.45. The van der Waals surface area contributed by atoms with E-state index in [9.17, 15) is 5.11 Å². The number of aromatic hydroxyl groups is 1. The Morgan fingerprint density at radius 2 is 1.00 bits per heavy atom. The summed E-state index contributed by atoms with van der Waals surface area (Å²) in [7, 11) is -0.940. The third-order valence-electron chi connectivity index (χ3n) is 6.33. The van der Waals surface area contributed by atoms with Crippen LogP contribution < -0.4 is 15.9 Å². The predicted molar refractivity (Wildman–Crippen MR) is 147 cm³/mol. The van der Waals surface area contributed by atoms with Crippen molar-refractivity contribution in [3.63, 3.8) is 0 Å². The van der Waals surface area contributed by atoms with Crippen molar-refractivity contribution in [2.24, 2.45) is 0 Å². The molecule has 0 saturated heterocycles. The molecule has 0 heterocycles. The van der Waals surface area contributed by atoms with Gasteiger partial charge in [-0.2, -0.15) is 0 Å². The molecule has 0 fully saturated rings. The van der Waals surface area contributed by atoms with Gasteiger partial charge in [-0.25, -0.2) is 0 Å². The molecule has 0 atom stereocenters. The molecule has 0 amide bonds. The summed E-state index contributed by atoms with van der Waals surface area (Å²) in [4.78, 5) is 0. The van der Waals surface area contributed by atoms with Crippen LogP contribution in [0.5, 0.6) is 5.75 Å². The van der Waals surface area contributed by atoms with Crippen molar-refractivity contribution < 1.29 is 5.11 Å². The van der Waals surface area contributed by atoms with Crippen molar-refractivity contribution in [2.75, 3.05) is 0 Å². The average molecular weight is 455 g/mol. The normalized spacial score (nSPS) is 11.3. The van der Waals surface area contributed by atoms with Gasteiger partial charge in [-0.05, 0) is 51.7 Å². The molecule has 0 aliphatic heterocycles. The molecule has 0 spiro atoms. The molecule has 0 aromatic heterocycles. The molecule has 1 nitrogen and oxygen atoms in total. The van der Waals surface area contributed by atoms with Crippen LogP contribution in [0.15, 0.2) is 133 Å². The van der Waals surface area contributed by atoms with E-state index in [4.69, 9.17) is 0 Å². The lowest BCUT2D eigenvalue weighted by Crippen LogP contribution is -2.21. The van der Waals surface area contributed by atoms with Gasteiger partial charge in [0.25, 0.3) is 0 Å². The van der Waals surface area contributed by atoms with Crippen molar-refractivity contribution in [3.8, 4) is 16.9 Å². The molecule has 1 N–H and O–H groups in total. The summed E-state index contributed by atoms with van der Waals surface area (Å²) in [6.45, 7) is 0. The van der Waals surface area contributed by atoms with Gasteiger partial charge < -0.3 is 5.11 Å². The van der Waals surface area contributed by atoms with E-state index in [0.717, 1.165) is 32.6 Å². The number of hydrogen-bond donors (Lipinski definition) is 1. The fraction of sp³-hybridized carbons (Fsp3) is 0. The molecule has 34 heavy (non-hydrogen) atoms. The minimum absolute atomic E-state index is 0.369. The third kappa shape index (κ3) is 3.55. The van der Waals surface area contributed by atoms with E-state index in [-0.39, 0.29) is 0 Å². The molecule has 0 unspecified atom stereocenters.